The van der Waals surface area contributed by atoms with Gasteiger partial charge in [-0.25, -0.2) is 9.59 Å². The van der Waals surface area contributed by atoms with Gasteiger partial charge in [-0.05, 0) is 37.1 Å². The molecule has 1 atom stereocenters. The highest BCUT2D eigenvalue weighted by atomic mass is 19.4. The van der Waals surface area contributed by atoms with E-state index >= 15 is 0 Å². The molecule has 0 spiro atoms. The smallest absolute Gasteiger partial charge is 0.479 e. The van der Waals surface area contributed by atoms with E-state index < -0.39 is 36.3 Å². The Kier molecular flexibility index (Phi) is 7.08. The summed E-state index contributed by atoms with van der Waals surface area (Å²) in [4.78, 5) is 25.5. The third-order valence-electron chi connectivity index (χ3n) is 3.91. The first-order valence-corrected chi connectivity index (χ1v) is 8.66. The molecule has 9 heteroatoms. The van der Waals surface area contributed by atoms with Crippen molar-refractivity contribution in [2.75, 3.05) is 0 Å². The molecule has 6 nitrogen and oxygen atoms in total. The zero-order valence-corrected chi connectivity index (χ0v) is 15.7. The van der Waals surface area contributed by atoms with Crippen LogP contribution in [0.15, 0.2) is 54.6 Å². The van der Waals surface area contributed by atoms with E-state index in [4.69, 9.17) is 4.74 Å². The molecule has 0 heterocycles. The van der Waals surface area contributed by atoms with Crippen LogP contribution in [0.4, 0.5) is 18.0 Å². The molecule has 0 saturated carbocycles. The van der Waals surface area contributed by atoms with E-state index in [9.17, 15) is 27.9 Å². The normalized spacial score (nSPS) is 12.3. The highest BCUT2D eigenvalue weighted by Crippen LogP contribution is 2.28. The van der Waals surface area contributed by atoms with Crippen molar-refractivity contribution in [1.29, 1.82) is 0 Å². The number of hydrogen-bond donors (Lipinski definition) is 1. The quantitative estimate of drug-likeness (QED) is 0.711. The molecule has 0 fully saturated rings. The molecular weight excluding hydrogens is 391 g/mol. The van der Waals surface area contributed by atoms with Crippen LogP contribution in [0.5, 0.6) is 5.75 Å². The third kappa shape index (κ3) is 6.41. The summed E-state index contributed by atoms with van der Waals surface area (Å²) in [6.07, 6.45) is -5.72. The van der Waals surface area contributed by atoms with Gasteiger partial charge in [0.1, 0.15) is 12.4 Å². The van der Waals surface area contributed by atoms with Crippen LogP contribution in [0, 0.1) is 0 Å². The second-order valence-electron chi connectivity index (χ2n) is 6.40. The lowest BCUT2D eigenvalue weighted by atomic mass is 10.0. The summed E-state index contributed by atoms with van der Waals surface area (Å²) in [5, 5.41) is 9.68. The fourth-order valence-electron chi connectivity index (χ4n) is 2.68. The lowest BCUT2D eigenvalue weighted by molar-refractivity contribution is -0.274. The van der Waals surface area contributed by atoms with Gasteiger partial charge in [-0.1, -0.05) is 42.5 Å². The van der Waals surface area contributed by atoms with Gasteiger partial charge >= 0.3 is 18.4 Å². The van der Waals surface area contributed by atoms with Crippen LogP contribution in [0.1, 0.15) is 31.0 Å². The van der Waals surface area contributed by atoms with E-state index in [0.29, 0.717) is 0 Å². The van der Waals surface area contributed by atoms with Gasteiger partial charge in [0, 0.05) is 6.04 Å². The van der Waals surface area contributed by atoms with Crippen LogP contribution in [0.3, 0.4) is 0 Å². The summed E-state index contributed by atoms with van der Waals surface area (Å²) < 4.78 is 46.0. The van der Waals surface area contributed by atoms with E-state index in [1.165, 1.54) is 12.1 Å². The van der Waals surface area contributed by atoms with Crippen LogP contribution in [0.2, 0.25) is 0 Å². The molecule has 0 aliphatic rings. The molecular formula is C20H20F3NO5. The first-order valence-electron chi connectivity index (χ1n) is 8.66. The van der Waals surface area contributed by atoms with E-state index in [1.54, 1.807) is 44.2 Å². The van der Waals surface area contributed by atoms with Gasteiger partial charge in [0.2, 0.25) is 0 Å². The molecule has 0 saturated heterocycles. The van der Waals surface area contributed by atoms with Crippen LogP contribution >= 0.6 is 0 Å². The number of aliphatic carboxylic acids is 1. The number of nitrogens with zero attached hydrogens (tertiary/aromatic N) is 1. The largest absolute Gasteiger partial charge is 0.573 e. The Morgan fingerprint density at radius 2 is 1.62 bits per heavy atom. The van der Waals surface area contributed by atoms with Crippen molar-refractivity contribution < 1.29 is 37.3 Å². The monoisotopic (exact) mass is 411 g/mol. The van der Waals surface area contributed by atoms with Gasteiger partial charge in [0.15, 0.2) is 6.04 Å². The number of carboxylic acid groups (broad SMARTS) is 1. The zero-order chi connectivity index (χ0) is 21.6. The predicted octanol–water partition coefficient (Wildman–Crippen LogP) is 4.76. The molecule has 0 aliphatic carbocycles. The first-order chi connectivity index (χ1) is 13.6. The van der Waals surface area contributed by atoms with Crippen molar-refractivity contribution >= 4 is 12.1 Å². The highest BCUT2D eigenvalue weighted by Gasteiger charge is 2.35. The minimum Gasteiger partial charge on any atom is -0.479 e. The Hall–Kier alpha value is -3.23. The van der Waals surface area contributed by atoms with Crippen molar-refractivity contribution in [3.05, 3.63) is 65.7 Å². The SMILES string of the molecule is CC(C)N(C(=O)OCc1ccccc1)C(C(=O)O)c1ccc(OC(F)(F)F)cc1. The molecule has 0 radical (unpaired) electrons. The molecule has 2 aromatic rings. The molecule has 1 N–H and O–H groups in total. The summed E-state index contributed by atoms with van der Waals surface area (Å²) >= 11 is 0. The molecule has 1 amide bonds. The van der Waals surface area contributed by atoms with Gasteiger partial charge in [0.05, 0.1) is 0 Å². The van der Waals surface area contributed by atoms with E-state index in [2.05, 4.69) is 4.74 Å². The summed E-state index contributed by atoms with van der Waals surface area (Å²) in [7, 11) is 0. The van der Waals surface area contributed by atoms with Crippen molar-refractivity contribution in [3.63, 3.8) is 0 Å². The van der Waals surface area contributed by atoms with E-state index in [1.807, 2.05) is 0 Å². The molecule has 0 aliphatic heterocycles. The van der Waals surface area contributed by atoms with E-state index in [-0.39, 0.29) is 12.2 Å². The minimum absolute atomic E-state index is 0.0480. The maximum Gasteiger partial charge on any atom is 0.573 e. The second-order valence-corrected chi connectivity index (χ2v) is 6.40. The van der Waals surface area contributed by atoms with Crippen molar-refractivity contribution in [2.24, 2.45) is 0 Å². The molecule has 2 aromatic carbocycles. The van der Waals surface area contributed by atoms with E-state index in [0.717, 1.165) is 22.6 Å². The number of ether oxygens (including phenoxy) is 2. The summed E-state index contributed by atoms with van der Waals surface area (Å²) in [6, 6.07) is 11.2. The standard InChI is InChI=1S/C20H20F3NO5/c1-13(2)24(19(27)28-12-14-6-4-3-5-7-14)17(18(25)26)15-8-10-16(11-9-15)29-20(21,22)23/h3-11,13,17H,12H2,1-2H3,(H,25,26). The Morgan fingerprint density at radius 3 is 2.10 bits per heavy atom. The van der Waals surface area contributed by atoms with Crippen LogP contribution in [-0.2, 0) is 16.1 Å². The predicted molar refractivity (Wildman–Crippen MR) is 97.1 cm³/mol. The Bertz CT molecular complexity index is 822. The first kappa shape index (κ1) is 22.1. The summed E-state index contributed by atoms with van der Waals surface area (Å²) in [5.74, 6) is -1.84. The second kappa shape index (κ2) is 9.31. The van der Waals surface area contributed by atoms with Crippen molar-refractivity contribution in [1.82, 2.24) is 4.90 Å². The average molecular weight is 411 g/mol. The molecule has 0 bridgehead atoms. The molecule has 0 aromatic heterocycles. The minimum atomic E-state index is -4.86. The fraction of sp³-hybridized carbons (Fsp3) is 0.300. The Labute approximate surface area is 165 Å². The number of carboxylic acids is 1. The molecule has 156 valence electrons. The van der Waals surface area contributed by atoms with Gasteiger partial charge in [0.25, 0.3) is 0 Å². The number of alkyl halides is 3. The molecule has 1 unspecified atom stereocenters. The Morgan fingerprint density at radius 1 is 1.03 bits per heavy atom. The number of rotatable bonds is 7. The lowest BCUT2D eigenvalue weighted by Gasteiger charge is -2.32. The highest BCUT2D eigenvalue weighted by molar-refractivity contribution is 5.81. The number of hydrogen-bond acceptors (Lipinski definition) is 4. The Balaban J connectivity index is 2.22. The number of halogens is 3. The third-order valence-corrected chi connectivity index (χ3v) is 3.91. The van der Waals surface area contributed by atoms with Gasteiger partial charge in [-0.3, -0.25) is 4.90 Å². The van der Waals surface area contributed by atoms with Crippen LogP contribution in [0.25, 0.3) is 0 Å². The van der Waals surface area contributed by atoms with Gasteiger partial charge < -0.3 is 14.6 Å². The lowest BCUT2D eigenvalue weighted by Crippen LogP contribution is -2.43. The number of carbonyl (C=O) groups is 2. The molecule has 2 rings (SSSR count). The topological polar surface area (TPSA) is 76.1 Å². The van der Waals surface area contributed by atoms with Crippen molar-refractivity contribution in [2.45, 2.75) is 38.9 Å². The van der Waals surface area contributed by atoms with Crippen molar-refractivity contribution in [3.8, 4) is 5.75 Å². The summed E-state index contributed by atoms with van der Waals surface area (Å²) in [6.45, 7) is 3.18. The van der Waals surface area contributed by atoms with Crippen LogP contribution < -0.4 is 4.74 Å². The fourth-order valence-corrected chi connectivity index (χ4v) is 2.68. The average Bonchev–Trinajstić information content (AvgIpc) is 2.64. The summed E-state index contributed by atoms with van der Waals surface area (Å²) in [5.41, 5.74) is 0.836. The van der Waals surface area contributed by atoms with Gasteiger partial charge in [-0.15, -0.1) is 13.2 Å². The molecule has 29 heavy (non-hydrogen) atoms. The van der Waals surface area contributed by atoms with Gasteiger partial charge in [-0.2, -0.15) is 0 Å². The maximum absolute atomic E-state index is 12.6. The number of carbonyl (C=O) groups excluding carboxylic acids is 1. The number of amides is 1. The maximum atomic E-state index is 12.6. The number of benzene rings is 2. The zero-order valence-electron chi connectivity index (χ0n) is 15.7. The van der Waals surface area contributed by atoms with Crippen LogP contribution in [-0.4, -0.2) is 34.5 Å².